The molecule has 0 fully saturated rings. The SMILES string of the molecule is CO[P+]1([O-])Oc2ccccc2C(S(C)(=O)=O)=C1c1ccccc1. The van der Waals surface area contributed by atoms with Crippen LogP contribution in [-0.4, -0.2) is 21.8 Å². The van der Waals surface area contributed by atoms with E-state index in [1.807, 2.05) is 0 Å². The van der Waals surface area contributed by atoms with E-state index in [1.165, 1.54) is 7.11 Å². The molecular formula is C16H15O5PS. The standard InChI is InChI=1S/C16H15O5PS/c1-20-22(17)15(12-8-4-3-5-9-12)16(23(2,18)19)13-10-6-7-11-14(13)21-22/h3-11H,1-2H3. The highest BCUT2D eigenvalue weighted by Crippen LogP contribution is 2.69. The predicted molar refractivity (Wildman–Crippen MR) is 89.1 cm³/mol. The molecule has 1 aliphatic rings. The molecule has 1 aliphatic heterocycles. The summed E-state index contributed by atoms with van der Waals surface area (Å²) in [6.45, 7) is 0. The fraction of sp³-hybridized carbons (Fsp3) is 0.125. The molecule has 0 saturated carbocycles. The Labute approximate surface area is 135 Å². The third-order valence-corrected chi connectivity index (χ3v) is 6.76. The molecular weight excluding hydrogens is 335 g/mol. The van der Waals surface area contributed by atoms with Crippen LogP contribution in [0.5, 0.6) is 5.75 Å². The summed E-state index contributed by atoms with van der Waals surface area (Å²) in [5.41, 5.74) is 0.880. The summed E-state index contributed by atoms with van der Waals surface area (Å²) in [5, 5.41) is 0.0711. The fourth-order valence-corrected chi connectivity index (χ4v) is 6.02. The summed E-state index contributed by atoms with van der Waals surface area (Å²) in [6, 6.07) is 15.2. The van der Waals surface area contributed by atoms with Gasteiger partial charge >= 0.3 is 7.94 Å². The van der Waals surface area contributed by atoms with Gasteiger partial charge in [-0.1, -0.05) is 42.5 Å². The molecule has 3 rings (SSSR count). The van der Waals surface area contributed by atoms with Crippen LogP contribution in [0.3, 0.4) is 0 Å². The van der Waals surface area contributed by atoms with Crippen molar-refractivity contribution in [2.24, 2.45) is 0 Å². The first-order chi connectivity index (χ1) is 10.9. The van der Waals surface area contributed by atoms with E-state index < -0.39 is 17.8 Å². The molecule has 0 spiro atoms. The third kappa shape index (κ3) is 2.79. The molecule has 0 radical (unpaired) electrons. The van der Waals surface area contributed by atoms with Crippen LogP contribution in [0.15, 0.2) is 54.6 Å². The summed E-state index contributed by atoms with van der Waals surface area (Å²) in [4.78, 5) is 13.2. The lowest BCUT2D eigenvalue weighted by molar-refractivity contribution is -0.203. The van der Waals surface area contributed by atoms with E-state index in [0.29, 0.717) is 11.1 Å². The lowest BCUT2D eigenvalue weighted by Crippen LogP contribution is -2.24. The van der Waals surface area contributed by atoms with Crippen molar-refractivity contribution in [1.82, 2.24) is 0 Å². The maximum atomic E-state index is 13.2. The summed E-state index contributed by atoms with van der Waals surface area (Å²) in [6.07, 6.45) is 1.09. The normalized spacial score (nSPS) is 20.8. The van der Waals surface area contributed by atoms with Gasteiger partial charge in [-0.15, -0.1) is 0 Å². The van der Waals surface area contributed by atoms with E-state index in [-0.39, 0.29) is 16.0 Å². The summed E-state index contributed by atoms with van der Waals surface area (Å²) in [5.74, 6) is 0.234. The average molecular weight is 350 g/mol. The van der Waals surface area contributed by atoms with Gasteiger partial charge in [0.15, 0.2) is 20.9 Å². The molecule has 0 aromatic heterocycles. The van der Waals surface area contributed by atoms with E-state index in [2.05, 4.69) is 0 Å². The van der Waals surface area contributed by atoms with Crippen molar-refractivity contribution in [3.05, 3.63) is 65.7 Å². The number of benzene rings is 2. The zero-order valence-electron chi connectivity index (χ0n) is 12.6. The molecule has 2 aromatic rings. The van der Waals surface area contributed by atoms with Crippen LogP contribution in [0.2, 0.25) is 0 Å². The van der Waals surface area contributed by atoms with Gasteiger partial charge in [0, 0.05) is 17.4 Å². The van der Waals surface area contributed by atoms with Crippen LogP contribution in [0.25, 0.3) is 10.2 Å². The molecule has 7 heteroatoms. The second kappa shape index (κ2) is 5.73. The molecule has 1 unspecified atom stereocenters. The summed E-state index contributed by atoms with van der Waals surface area (Å²) < 4.78 is 35.6. The monoisotopic (exact) mass is 350 g/mol. The number of sulfone groups is 1. The Morgan fingerprint density at radius 3 is 2.26 bits per heavy atom. The summed E-state index contributed by atoms with van der Waals surface area (Å²) >= 11 is 0. The molecule has 0 N–H and O–H groups in total. The number of hydrogen-bond acceptors (Lipinski definition) is 5. The minimum Gasteiger partial charge on any atom is -0.620 e. The topological polar surface area (TPSA) is 75.7 Å². The Hall–Kier alpha value is -1.72. The van der Waals surface area contributed by atoms with Gasteiger partial charge in [-0.2, -0.15) is 4.52 Å². The molecule has 120 valence electrons. The second-order valence-electron chi connectivity index (χ2n) is 5.08. The van der Waals surface area contributed by atoms with Crippen LogP contribution in [0.4, 0.5) is 0 Å². The molecule has 0 aliphatic carbocycles. The zero-order valence-corrected chi connectivity index (χ0v) is 14.3. The quantitative estimate of drug-likeness (QED) is 0.796. The van der Waals surface area contributed by atoms with Crippen LogP contribution in [0.1, 0.15) is 11.1 Å². The predicted octanol–water partition coefficient (Wildman–Crippen LogP) is 2.72. The third-order valence-electron chi connectivity index (χ3n) is 3.50. The minimum absolute atomic E-state index is 0.0178. The van der Waals surface area contributed by atoms with Gasteiger partial charge in [0.2, 0.25) is 0 Å². The zero-order chi connectivity index (χ0) is 16.7. The first-order valence-electron chi connectivity index (χ1n) is 6.82. The van der Waals surface area contributed by atoms with Crippen LogP contribution in [0, 0.1) is 0 Å². The molecule has 0 saturated heterocycles. The largest absolute Gasteiger partial charge is 0.620 e. The lowest BCUT2D eigenvalue weighted by Gasteiger charge is -2.33. The molecule has 23 heavy (non-hydrogen) atoms. The van der Waals surface area contributed by atoms with Gasteiger partial charge in [-0.05, 0) is 12.1 Å². The van der Waals surface area contributed by atoms with Crippen molar-refractivity contribution in [2.75, 3.05) is 13.4 Å². The molecule has 0 amide bonds. The Bertz CT molecular complexity index is 876. The van der Waals surface area contributed by atoms with E-state index in [0.717, 1.165) is 6.26 Å². The van der Waals surface area contributed by atoms with Gasteiger partial charge in [0.1, 0.15) is 4.91 Å². The Balaban J connectivity index is 2.45. The highest BCUT2D eigenvalue weighted by Gasteiger charge is 2.47. The smallest absolute Gasteiger partial charge is 0.320 e. The van der Waals surface area contributed by atoms with Crippen molar-refractivity contribution in [3.8, 4) is 5.75 Å². The second-order valence-corrected chi connectivity index (χ2v) is 9.03. The van der Waals surface area contributed by atoms with Gasteiger partial charge in [-0.3, -0.25) is 0 Å². The van der Waals surface area contributed by atoms with E-state index >= 15 is 0 Å². The molecule has 0 bridgehead atoms. The van der Waals surface area contributed by atoms with Crippen molar-refractivity contribution < 1.29 is 22.4 Å². The molecule has 5 nitrogen and oxygen atoms in total. The van der Waals surface area contributed by atoms with Gasteiger partial charge < -0.3 is 9.42 Å². The Morgan fingerprint density at radius 2 is 1.65 bits per heavy atom. The highest BCUT2D eigenvalue weighted by molar-refractivity contribution is 8.01. The van der Waals surface area contributed by atoms with Crippen LogP contribution < -0.4 is 9.42 Å². The Kier molecular flexibility index (Phi) is 4.02. The summed E-state index contributed by atoms with van der Waals surface area (Å²) in [7, 11) is -6.23. The van der Waals surface area contributed by atoms with Crippen molar-refractivity contribution in [1.29, 1.82) is 0 Å². The molecule has 2 aromatic carbocycles. The fourth-order valence-electron chi connectivity index (χ4n) is 2.55. The maximum absolute atomic E-state index is 13.2. The maximum Gasteiger partial charge on any atom is 0.320 e. The van der Waals surface area contributed by atoms with Crippen LogP contribution in [-0.2, 0) is 14.4 Å². The molecule has 1 atom stereocenters. The molecule has 1 heterocycles. The van der Waals surface area contributed by atoms with Crippen molar-refractivity contribution in [2.45, 2.75) is 0 Å². The number of para-hydroxylation sites is 1. The minimum atomic E-state index is -3.81. The van der Waals surface area contributed by atoms with Gasteiger partial charge in [-0.25, -0.2) is 8.42 Å². The van der Waals surface area contributed by atoms with Crippen molar-refractivity contribution >= 4 is 28.0 Å². The lowest BCUT2D eigenvalue weighted by atomic mass is 10.1. The highest BCUT2D eigenvalue weighted by atomic mass is 32.2. The van der Waals surface area contributed by atoms with E-state index in [1.54, 1.807) is 54.6 Å². The van der Waals surface area contributed by atoms with Crippen molar-refractivity contribution in [3.63, 3.8) is 0 Å². The number of hydrogen-bond donors (Lipinski definition) is 0. The number of rotatable bonds is 3. The first kappa shape index (κ1) is 16.1. The van der Waals surface area contributed by atoms with Gasteiger partial charge in [0.25, 0.3) is 0 Å². The van der Waals surface area contributed by atoms with Crippen LogP contribution >= 0.6 is 7.94 Å². The average Bonchev–Trinajstić information content (AvgIpc) is 2.53. The first-order valence-corrected chi connectivity index (χ1v) is 10.3. The van der Waals surface area contributed by atoms with E-state index in [9.17, 15) is 13.3 Å². The number of fused-ring (bicyclic) bond motifs is 1. The van der Waals surface area contributed by atoms with E-state index in [4.69, 9.17) is 9.05 Å². The van der Waals surface area contributed by atoms with Gasteiger partial charge in [0.05, 0.1) is 7.11 Å². The Morgan fingerprint density at radius 1 is 1.04 bits per heavy atom.